The molecule has 0 aliphatic rings. The second-order valence-electron chi connectivity index (χ2n) is 5.01. The first-order valence-electron chi connectivity index (χ1n) is 6.64. The van der Waals surface area contributed by atoms with E-state index in [1.54, 1.807) is 6.20 Å². The van der Waals surface area contributed by atoms with Gasteiger partial charge in [0.1, 0.15) is 5.82 Å². The van der Waals surface area contributed by atoms with Crippen LogP contribution in [-0.4, -0.2) is 11.5 Å². The molecule has 0 spiro atoms. The molecule has 0 saturated heterocycles. The molecule has 18 heavy (non-hydrogen) atoms. The predicted octanol–water partition coefficient (Wildman–Crippen LogP) is 5.52. The summed E-state index contributed by atoms with van der Waals surface area (Å²) >= 11 is 9.42. The first-order chi connectivity index (χ1) is 8.59. The number of rotatable bonds is 8. The van der Waals surface area contributed by atoms with Gasteiger partial charge in [-0.15, -0.1) is 0 Å². The topological polar surface area (TPSA) is 24.9 Å². The van der Waals surface area contributed by atoms with Crippen molar-refractivity contribution >= 4 is 33.3 Å². The summed E-state index contributed by atoms with van der Waals surface area (Å²) in [6, 6.07) is 1.86. The van der Waals surface area contributed by atoms with Crippen molar-refractivity contribution in [2.24, 2.45) is 5.92 Å². The van der Waals surface area contributed by atoms with E-state index in [1.165, 1.54) is 32.1 Å². The van der Waals surface area contributed by atoms with Gasteiger partial charge >= 0.3 is 0 Å². The standard InChI is InChI=1S/C14H22BrClN2/c1-11(2)7-5-3-4-6-8-17-14-13(16)9-12(15)10-18-14/h9-11H,3-8H2,1-2H3,(H,17,18). The summed E-state index contributed by atoms with van der Waals surface area (Å²) in [5, 5.41) is 3.95. The fourth-order valence-electron chi connectivity index (χ4n) is 1.78. The Kier molecular flexibility index (Phi) is 7.68. The van der Waals surface area contributed by atoms with Crippen LogP contribution in [0.15, 0.2) is 16.7 Å². The highest BCUT2D eigenvalue weighted by Gasteiger charge is 2.01. The van der Waals surface area contributed by atoms with Crippen LogP contribution in [0.3, 0.4) is 0 Å². The monoisotopic (exact) mass is 332 g/mol. The second-order valence-corrected chi connectivity index (χ2v) is 6.33. The highest BCUT2D eigenvalue weighted by Crippen LogP contribution is 2.22. The molecule has 0 unspecified atom stereocenters. The zero-order chi connectivity index (χ0) is 13.4. The molecule has 0 aliphatic carbocycles. The lowest BCUT2D eigenvalue weighted by molar-refractivity contribution is 0.523. The van der Waals surface area contributed by atoms with Crippen molar-refractivity contribution in [2.45, 2.75) is 46.0 Å². The van der Waals surface area contributed by atoms with Gasteiger partial charge in [-0.05, 0) is 34.3 Å². The molecule has 0 aromatic carbocycles. The van der Waals surface area contributed by atoms with Crippen LogP contribution in [-0.2, 0) is 0 Å². The SMILES string of the molecule is CC(C)CCCCCCNc1ncc(Br)cc1Cl. The number of nitrogens with one attached hydrogen (secondary N) is 1. The molecular weight excluding hydrogens is 312 g/mol. The van der Waals surface area contributed by atoms with E-state index in [9.17, 15) is 0 Å². The predicted molar refractivity (Wildman–Crippen MR) is 83.4 cm³/mol. The molecule has 0 fully saturated rings. The molecule has 1 heterocycles. The van der Waals surface area contributed by atoms with Crippen molar-refractivity contribution in [1.29, 1.82) is 0 Å². The molecule has 0 amide bonds. The van der Waals surface area contributed by atoms with Crippen LogP contribution in [0.2, 0.25) is 5.02 Å². The highest BCUT2D eigenvalue weighted by atomic mass is 79.9. The molecule has 4 heteroatoms. The van der Waals surface area contributed by atoms with E-state index in [1.807, 2.05) is 6.07 Å². The van der Waals surface area contributed by atoms with Crippen molar-refractivity contribution in [2.75, 3.05) is 11.9 Å². The maximum atomic E-state index is 6.07. The third-order valence-electron chi connectivity index (χ3n) is 2.81. The summed E-state index contributed by atoms with van der Waals surface area (Å²) in [6.07, 6.45) is 8.21. The van der Waals surface area contributed by atoms with Crippen LogP contribution in [0.25, 0.3) is 0 Å². The largest absolute Gasteiger partial charge is 0.369 e. The summed E-state index contributed by atoms with van der Waals surface area (Å²) in [5.74, 6) is 1.61. The van der Waals surface area contributed by atoms with Gasteiger partial charge in [0.05, 0.1) is 5.02 Å². The smallest absolute Gasteiger partial charge is 0.144 e. The summed E-state index contributed by atoms with van der Waals surface area (Å²) in [5.41, 5.74) is 0. The quantitative estimate of drug-likeness (QED) is 0.634. The molecular formula is C14H22BrClN2. The van der Waals surface area contributed by atoms with Gasteiger partial charge in [0.15, 0.2) is 0 Å². The van der Waals surface area contributed by atoms with Gasteiger partial charge in [0, 0.05) is 17.2 Å². The van der Waals surface area contributed by atoms with Crippen molar-refractivity contribution in [3.05, 3.63) is 21.8 Å². The van der Waals surface area contributed by atoms with Crippen molar-refractivity contribution < 1.29 is 0 Å². The molecule has 0 aliphatic heterocycles. The van der Waals surface area contributed by atoms with Gasteiger partial charge in [-0.3, -0.25) is 0 Å². The third kappa shape index (κ3) is 6.60. The van der Waals surface area contributed by atoms with E-state index in [-0.39, 0.29) is 0 Å². The number of hydrogen-bond acceptors (Lipinski definition) is 2. The summed E-state index contributed by atoms with van der Waals surface area (Å²) in [7, 11) is 0. The van der Waals surface area contributed by atoms with Gasteiger partial charge in [-0.25, -0.2) is 4.98 Å². The average molecular weight is 334 g/mol. The molecule has 2 nitrogen and oxygen atoms in total. The fraction of sp³-hybridized carbons (Fsp3) is 0.643. The lowest BCUT2D eigenvalue weighted by atomic mass is 10.0. The molecule has 0 atom stereocenters. The Labute approximate surface area is 124 Å². The Bertz CT molecular complexity index is 356. The Morgan fingerprint density at radius 1 is 1.28 bits per heavy atom. The minimum Gasteiger partial charge on any atom is -0.369 e. The average Bonchev–Trinajstić information content (AvgIpc) is 2.30. The lowest BCUT2D eigenvalue weighted by Crippen LogP contribution is -2.03. The third-order valence-corrected chi connectivity index (χ3v) is 3.53. The number of aromatic nitrogens is 1. The van der Waals surface area contributed by atoms with E-state index in [0.29, 0.717) is 5.02 Å². The first-order valence-corrected chi connectivity index (χ1v) is 7.81. The maximum Gasteiger partial charge on any atom is 0.144 e. The normalized spacial score (nSPS) is 10.9. The van der Waals surface area contributed by atoms with Gasteiger partial charge in [0.2, 0.25) is 0 Å². The molecule has 102 valence electrons. The number of hydrogen-bond donors (Lipinski definition) is 1. The van der Waals surface area contributed by atoms with Gasteiger partial charge in [-0.1, -0.05) is 51.1 Å². The molecule has 0 saturated carbocycles. The van der Waals surface area contributed by atoms with E-state index >= 15 is 0 Å². The van der Waals surface area contributed by atoms with E-state index in [0.717, 1.165) is 22.8 Å². The Morgan fingerprint density at radius 3 is 2.67 bits per heavy atom. The minimum absolute atomic E-state index is 0.671. The number of unbranched alkanes of at least 4 members (excludes halogenated alkanes) is 3. The molecule has 1 N–H and O–H groups in total. The zero-order valence-electron chi connectivity index (χ0n) is 11.2. The van der Waals surface area contributed by atoms with Crippen LogP contribution in [0.4, 0.5) is 5.82 Å². The fourth-order valence-corrected chi connectivity index (χ4v) is 2.48. The van der Waals surface area contributed by atoms with Crippen LogP contribution in [0.1, 0.15) is 46.0 Å². The van der Waals surface area contributed by atoms with E-state index in [2.05, 4.69) is 40.1 Å². The number of pyridine rings is 1. The van der Waals surface area contributed by atoms with E-state index in [4.69, 9.17) is 11.6 Å². The van der Waals surface area contributed by atoms with E-state index < -0.39 is 0 Å². The minimum atomic E-state index is 0.671. The van der Waals surface area contributed by atoms with Gasteiger partial charge in [0.25, 0.3) is 0 Å². The Morgan fingerprint density at radius 2 is 2.00 bits per heavy atom. The van der Waals surface area contributed by atoms with Crippen LogP contribution < -0.4 is 5.32 Å². The summed E-state index contributed by atoms with van der Waals surface area (Å²) in [4.78, 5) is 4.25. The van der Waals surface area contributed by atoms with Gasteiger partial charge in [-0.2, -0.15) is 0 Å². The lowest BCUT2D eigenvalue weighted by Gasteiger charge is -2.08. The number of anilines is 1. The molecule has 0 radical (unpaired) electrons. The molecule has 1 rings (SSSR count). The Balaban J connectivity index is 2.11. The number of nitrogens with zero attached hydrogens (tertiary/aromatic N) is 1. The van der Waals surface area contributed by atoms with Crippen molar-refractivity contribution in [3.63, 3.8) is 0 Å². The molecule has 1 aromatic rings. The second kappa shape index (κ2) is 8.76. The first kappa shape index (κ1) is 15.8. The summed E-state index contributed by atoms with van der Waals surface area (Å²) in [6.45, 7) is 5.50. The zero-order valence-corrected chi connectivity index (χ0v) is 13.5. The molecule has 0 bridgehead atoms. The van der Waals surface area contributed by atoms with Crippen molar-refractivity contribution in [3.8, 4) is 0 Å². The van der Waals surface area contributed by atoms with Crippen molar-refractivity contribution in [1.82, 2.24) is 4.98 Å². The summed E-state index contributed by atoms with van der Waals surface area (Å²) < 4.78 is 0.909. The Hall–Kier alpha value is -0.280. The number of halogens is 2. The van der Waals surface area contributed by atoms with Crippen LogP contribution in [0, 0.1) is 5.92 Å². The highest BCUT2D eigenvalue weighted by molar-refractivity contribution is 9.10. The van der Waals surface area contributed by atoms with Crippen LogP contribution in [0.5, 0.6) is 0 Å². The maximum absolute atomic E-state index is 6.07. The van der Waals surface area contributed by atoms with Gasteiger partial charge < -0.3 is 5.32 Å². The molecule has 1 aromatic heterocycles. The van der Waals surface area contributed by atoms with Crippen LogP contribution >= 0.6 is 27.5 Å².